The third-order valence-corrected chi connectivity index (χ3v) is 9.67. The maximum Gasteiger partial charge on any atom is 1.00 e. The van der Waals surface area contributed by atoms with Crippen LogP contribution in [0.25, 0.3) is 12.2 Å². The Hall–Kier alpha value is -4.12. The smallest absolute Gasteiger partial charge is 1.00 e. The number of hydrogen-bond donors (Lipinski definition) is 5. The number of halogens is 2. The maximum absolute atomic E-state index is 12.5. The van der Waals surface area contributed by atoms with Crippen molar-refractivity contribution in [1.29, 1.82) is 0 Å². The van der Waals surface area contributed by atoms with E-state index in [0.717, 1.165) is 34.6 Å². The Balaban J connectivity index is 0.00000290. The minimum atomic E-state index is -5.07. The number of para-hydroxylation sites is 2. The Morgan fingerprint density at radius 1 is 0.618 bits per heavy atom. The van der Waals surface area contributed by atoms with Gasteiger partial charge in [0, 0.05) is 22.7 Å². The summed E-state index contributed by atoms with van der Waals surface area (Å²) in [7, 11) is -9.90. The average molecular weight is 848 g/mol. The van der Waals surface area contributed by atoms with E-state index >= 15 is 0 Å². The van der Waals surface area contributed by atoms with E-state index in [4.69, 9.17) is 23.2 Å². The van der Waals surface area contributed by atoms with Crippen molar-refractivity contribution in [3.63, 3.8) is 0 Å². The number of aryl methyl sites for hydroxylation is 2. The van der Waals surface area contributed by atoms with Gasteiger partial charge in [-0.3, -0.25) is 4.55 Å². The van der Waals surface area contributed by atoms with Crippen LogP contribution in [0.1, 0.15) is 25.1 Å². The quantitative estimate of drug-likeness (QED) is 0.0647. The molecular formula is C34H29Cl2KN10O6S2. The van der Waals surface area contributed by atoms with Gasteiger partial charge in [-0.15, -0.1) is 0 Å². The molecule has 278 valence electrons. The molecule has 0 saturated carbocycles. The van der Waals surface area contributed by atoms with Gasteiger partial charge in [0.25, 0.3) is 10.1 Å². The van der Waals surface area contributed by atoms with Crippen LogP contribution in [0.15, 0.2) is 94.7 Å². The molecule has 0 aliphatic heterocycles. The van der Waals surface area contributed by atoms with E-state index in [9.17, 15) is 25.9 Å². The van der Waals surface area contributed by atoms with E-state index in [1.165, 1.54) is 36.4 Å². The van der Waals surface area contributed by atoms with Crippen LogP contribution < -0.4 is 72.7 Å². The first kappa shape index (κ1) is 42.0. The SMILES string of the molecule is Cc1ccccc1Nc1nc(Cl)nc(Nc2ccc(C=Cc3ccc(Nc4nc(Cl)nc(Nc5ccccc5C)n4)cc3S(=O)(=O)O)c(S(=O)(=O)[O-])c2)n1.[H+].[H-].[K+]. The van der Waals surface area contributed by atoms with Crippen LogP contribution in [0, 0.1) is 13.8 Å². The molecule has 0 aliphatic rings. The van der Waals surface area contributed by atoms with Gasteiger partial charge in [0.2, 0.25) is 34.4 Å². The minimum absolute atomic E-state index is 0. The molecule has 55 heavy (non-hydrogen) atoms. The summed E-state index contributed by atoms with van der Waals surface area (Å²) < 4.78 is 72.1. The summed E-state index contributed by atoms with van der Waals surface area (Å²) in [6.45, 7) is 3.78. The molecular weight excluding hydrogens is 819 g/mol. The van der Waals surface area contributed by atoms with Crippen LogP contribution in [0.3, 0.4) is 0 Å². The molecule has 0 saturated heterocycles. The molecule has 0 amide bonds. The zero-order valence-electron chi connectivity index (χ0n) is 31.0. The number of hydrogen-bond acceptors (Lipinski definition) is 15. The van der Waals surface area contributed by atoms with Crippen molar-refractivity contribution in [2.24, 2.45) is 0 Å². The first-order chi connectivity index (χ1) is 25.6. The van der Waals surface area contributed by atoms with Crippen LogP contribution in [0.4, 0.5) is 46.5 Å². The van der Waals surface area contributed by atoms with Gasteiger partial charge >= 0.3 is 52.8 Å². The third-order valence-electron chi connectivity index (χ3n) is 7.53. The van der Waals surface area contributed by atoms with Crippen LogP contribution in [0.2, 0.25) is 10.6 Å². The van der Waals surface area contributed by atoms with Crippen molar-refractivity contribution in [2.75, 3.05) is 21.3 Å². The molecule has 21 heteroatoms. The summed E-state index contributed by atoms with van der Waals surface area (Å²) in [4.78, 5) is 23.6. The van der Waals surface area contributed by atoms with Crippen LogP contribution in [0.5, 0.6) is 0 Å². The molecule has 2 heterocycles. The molecule has 16 nitrogen and oxygen atoms in total. The molecule has 0 radical (unpaired) electrons. The van der Waals surface area contributed by atoms with Crippen LogP contribution in [-0.4, -0.2) is 55.8 Å². The van der Waals surface area contributed by atoms with Crippen LogP contribution >= 0.6 is 23.2 Å². The van der Waals surface area contributed by atoms with Gasteiger partial charge in [0.1, 0.15) is 15.0 Å². The average Bonchev–Trinajstić information content (AvgIpc) is 3.09. The third kappa shape index (κ3) is 11.2. The maximum atomic E-state index is 12.5. The van der Waals surface area contributed by atoms with E-state index in [1.807, 2.05) is 62.4 Å². The van der Waals surface area contributed by atoms with E-state index in [1.54, 1.807) is 0 Å². The van der Waals surface area contributed by atoms with E-state index in [-0.39, 0.29) is 111 Å². The molecule has 6 rings (SSSR count). The molecule has 0 unspecified atom stereocenters. The fourth-order valence-corrected chi connectivity index (χ4v) is 6.69. The van der Waals surface area contributed by atoms with Gasteiger partial charge < -0.3 is 27.2 Å². The van der Waals surface area contributed by atoms with Gasteiger partial charge in [-0.25, -0.2) is 8.42 Å². The van der Waals surface area contributed by atoms with E-state index in [2.05, 4.69) is 51.2 Å². The van der Waals surface area contributed by atoms with Gasteiger partial charge in [0.15, 0.2) is 0 Å². The van der Waals surface area contributed by atoms with Crippen LogP contribution in [-0.2, 0) is 20.2 Å². The van der Waals surface area contributed by atoms with Gasteiger partial charge in [0.05, 0.1) is 4.90 Å². The molecule has 0 bridgehead atoms. The zero-order chi connectivity index (χ0) is 38.6. The molecule has 5 N–H and O–H groups in total. The molecule has 4 aromatic carbocycles. The largest absolute Gasteiger partial charge is 1.00 e. The predicted molar refractivity (Wildman–Crippen MR) is 207 cm³/mol. The number of nitrogens with zero attached hydrogens (tertiary/aromatic N) is 6. The Morgan fingerprint density at radius 3 is 1.40 bits per heavy atom. The predicted octanol–water partition coefficient (Wildman–Crippen LogP) is 4.50. The summed E-state index contributed by atoms with van der Waals surface area (Å²) in [6, 6.07) is 22.5. The summed E-state index contributed by atoms with van der Waals surface area (Å²) in [5.74, 6) is 0.140. The van der Waals surface area contributed by atoms with Crippen molar-refractivity contribution in [3.05, 3.63) is 118 Å². The zero-order valence-corrected chi connectivity index (χ0v) is 35.2. The number of nitrogens with one attached hydrogen (secondary N) is 4. The Morgan fingerprint density at radius 2 is 1.00 bits per heavy atom. The second-order valence-electron chi connectivity index (χ2n) is 11.4. The molecule has 0 fully saturated rings. The normalized spacial score (nSPS) is 11.5. The Kier molecular flexibility index (Phi) is 13.6. The van der Waals surface area contributed by atoms with Crippen molar-refractivity contribution in [3.8, 4) is 0 Å². The monoisotopic (exact) mass is 846 g/mol. The summed E-state index contributed by atoms with van der Waals surface area (Å²) in [6.07, 6.45) is 2.44. The standard InChI is InChI=1S/C34H28Cl2N10O6S2.K.H/c1-19-7-3-5-9-25(19)39-33-43-29(35)41-31(45-33)37-23-15-13-21(27(17-23)53(47,48)49)11-12-22-14-16-24(18-28(22)54(50,51)52)38-32-42-30(36)44-34(46-32)40-26-10-6-4-8-20(26)2;;/h3-18H,1-2H3,(H,47,48,49)(H,50,51,52)(H2,37,39,41,43,45)(H2,38,40,42,44,46);;/q;+1;-1. The van der Waals surface area contributed by atoms with E-state index < -0.39 is 30.0 Å². The van der Waals surface area contributed by atoms with Gasteiger partial charge in [-0.05, 0) is 95.7 Å². The molecule has 6 aromatic rings. The fourth-order valence-electron chi connectivity index (χ4n) is 4.97. The number of benzene rings is 4. The van der Waals surface area contributed by atoms with Crippen molar-refractivity contribution in [1.82, 2.24) is 29.9 Å². The molecule has 2 aromatic heterocycles. The topological polar surface area (TPSA) is 237 Å². The van der Waals surface area contributed by atoms with Gasteiger partial charge in [-0.1, -0.05) is 60.7 Å². The minimum Gasteiger partial charge on any atom is -1.00 e. The van der Waals surface area contributed by atoms with Crippen molar-refractivity contribution < 1.29 is 80.2 Å². The molecule has 0 atom stereocenters. The first-order valence-electron chi connectivity index (χ1n) is 15.5. The summed E-state index contributed by atoms with van der Waals surface area (Å²) >= 11 is 12.2. The number of rotatable bonds is 12. The first-order valence-corrected chi connectivity index (χ1v) is 19.1. The Labute approximate surface area is 371 Å². The number of aromatic nitrogens is 6. The molecule has 0 spiro atoms. The van der Waals surface area contributed by atoms with Crippen molar-refractivity contribution in [2.45, 2.75) is 23.6 Å². The van der Waals surface area contributed by atoms with Crippen molar-refractivity contribution >= 4 is 102 Å². The van der Waals surface area contributed by atoms with E-state index in [0.29, 0.717) is 0 Å². The Bertz CT molecular complexity index is 2490. The number of anilines is 8. The fraction of sp³-hybridized carbons (Fsp3) is 0.0588. The second kappa shape index (κ2) is 17.8. The molecule has 0 aliphatic carbocycles. The summed E-state index contributed by atoms with van der Waals surface area (Å²) in [5.41, 5.74) is 3.43. The summed E-state index contributed by atoms with van der Waals surface area (Å²) in [5, 5.41) is 11.4. The second-order valence-corrected chi connectivity index (χ2v) is 14.8. The van der Waals surface area contributed by atoms with Gasteiger partial charge in [-0.2, -0.15) is 38.3 Å².